The maximum Gasteiger partial charge on any atom is 0.0336 e. The Morgan fingerprint density at radius 3 is 2.56 bits per heavy atom. The molecule has 50 valence electrons. The Morgan fingerprint density at radius 1 is 1.56 bits per heavy atom. The molecule has 0 unspecified atom stereocenters. The molecule has 2 heteroatoms. The Balaban J connectivity index is 3.80. The van der Waals surface area contributed by atoms with E-state index in [-0.39, 0.29) is 0 Å². The van der Waals surface area contributed by atoms with Crippen molar-refractivity contribution in [2.75, 3.05) is 5.75 Å². The molecule has 0 aromatic heterocycles. The lowest BCUT2D eigenvalue weighted by Gasteiger charge is -1.92. The summed E-state index contributed by atoms with van der Waals surface area (Å²) in [5, 5.41) is 0. The van der Waals surface area contributed by atoms with Crippen LogP contribution in [0.3, 0.4) is 0 Å². The summed E-state index contributed by atoms with van der Waals surface area (Å²) in [5.74, 6) is 0.789. The van der Waals surface area contributed by atoms with Crippen LogP contribution in [-0.4, -0.2) is 5.75 Å². The van der Waals surface area contributed by atoms with Gasteiger partial charge in [0, 0.05) is 5.75 Å². The van der Waals surface area contributed by atoms with E-state index in [4.69, 9.17) is 10.7 Å². The fraction of sp³-hybridized carbons (Fsp3) is 0.143. The number of rotatable bonds is 4. The van der Waals surface area contributed by atoms with Crippen LogP contribution in [0.25, 0.3) is 0 Å². The smallest absolute Gasteiger partial charge is 0.0336 e. The first-order valence-corrected chi connectivity index (χ1v) is 4.34. The fourth-order valence-corrected chi connectivity index (χ4v) is 1.11. The van der Waals surface area contributed by atoms with Crippen LogP contribution in [0.5, 0.6) is 0 Å². The Hall–Kier alpha value is -0.140. The van der Waals surface area contributed by atoms with Gasteiger partial charge in [-0.2, -0.15) is 0 Å². The van der Waals surface area contributed by atoms with E-state index in [0.717, 1.165) is 11.3 Å². The average Bonchev–Trinajstić information content (AvgIpc) is 1.88. The van der Waals surface area contributed by atoms with E-state index in [1.807, 2.05) is 6.08 Å². The molecule has 0 heterocycles. The number of allylic oxidation sites excluding steroid dienone is 3. The summed E-state index contributed by atoms with van der Waals surface area (Å²) in [5.41, 5.74) is 1.10. The molecule has 0 radical (unpaired) electrons. The van der Waals surface area contributed by atoms with Gasteiger partial charge in [-0.3, -0.25) is 0 Å². The van der Waals surface area contributed by atoms with Gasteiger partial charge < -0.3 is 0 Å². The largest absolute Gasteiger partial charge is 0.0991 e. The van der Waals surface area contributed by atoms with Gasteiger partial charge in [0.05, 0.1) is 0 Å². The van der Waals surface area contributed by atoms with E-state index in [0.29, 0.717) is 0 Å². The standard InChI is InChI=1S/C7H9ClS/c1-3-5-7(4-2)6-9-8/h3-5H,1-2,6H2/b7-5+. The Bertz CT molecular complexity index is 127. The van der Waals surface area contributed by atoms with Gasteiger partial charge >= 0.3 is 0 Å². The van der Waals surface area contributed by atoms with Gasteiger partial charge in [-0.05, 0) is 16.3 Å². The van der Waals surface area contributed by atoms with Crippen LogP contribution in [0, 0.1) is 0 Å². The monoisotopic (exact) mass is 160 g/mol. The second-order valence-electron chi connectivity index (χ2n) is 1.43. The van der Waals surface area contributed by atoms with E-state index >= 15 is 0 Å². The molecule has 0 nitrogen and oxygen atoms in total. The van der Waals surface area contributed by atoms with Crippen molar-refractivity contribution in [3.63, 3.8) is 0 Å². The molecular formula is C7H9ClS. The summed E-state index contributed by atoms with van der Waals surface area (Å²) in [7, 11) is 6.66. The molecule has 9 heavy (non-hydrogen) atoms. The first-order valence-electron chi connectivity index (χ1n) is 2.52. The number of halogens is 1. The zero-order chi connectivity index (χ0) is 7.11. The van der Waals surface area contributed by atoms with Gasteiger partial charge in [0.1, 0.15) is 0 Å². The minimum Gasteiger partial charge on any atom is -0.0991 e. The minimum atomic E-state index is 0.789. The van der Waals surface area contributed by atoms with Gasteiger partial charge in [-0.25, -0.2) is 0 Å². The van der Waals surface area contributed by atoms with Crippen molar-refractivity contribution < 1.29 is 0 Å². The van der Waals surface area contributed by atoms with Crippen LogP contribution in [0.15, 0.2) is 37.0 Å². The predicted molar refractivity (Wildman–Crippen MR) is 46.8 cm³/mol. The van der Waals surface area contributed by atoms with Crippen molar-refractivity contribution in [3.05, 3.63) is 37.0 Å². The van der Waals surface area contributed by atoms with Gasteiger partial charge in [0.2, 0.25) is 0 Å². The maximum atomic E-state index is 5.40. The summed E-state index contributed by atoms with van der Waals surface area (Å²) >= 11 is 0. The lowest BCUT2D eigenvalue weighted by Crippen LogP contribution is -1.76. The topological polar surface area (TPSA) is 0 Å². The molecule has 0 aromatic rings. The second-order valence-corrected chi connectivity index (χ2v) is 2.60. The highest BCUT2D eigenvalue weighted by Crippen LogP contribution is 2.11. The summed E-state index contributed by atoms with van der Waals surface area (Å²) in [6, 6.07) is 0. The molecule has 0 amide bonds. The molecule has 0 N–H and O–H groups in total. The van der Waals surface area contributed by atoms with Crippen LogP contribution < -0.4 is 0 Å². The first-order chi connectivity index (χ1) is 4.35. The molecule has 0 saturated heterocycles. The number of hydrogen-bond donors (Lipinski definition) is 0. The van der Waals surface area contributed by atoms with Crippen LogP contribution in [0.4, 0.5) is 0 Å². The maximum absolute atomic E-state index is 5.40. The zero-order valence-corrected chi connectivity index (χ0v) is 6.71. The molecule has 0 rings (SSSR count). The van der Waals surface area contributed by atoms with Gasteiger partial charge in [0.15, 0.2) is 0 Å². The van der Waals surface area contributed by atoms with Crippen LogP contribution >= 0.6 is 21.7 Å². The quantitative estimate of drug-likeness (QED) is 0.570. The highest BCUT2D eigenvalue weighted by molar-refractivity contribution is 8.21. The van der Waals surface area contributed by atoms with Crippen molar-refractivity contribution >= 4 is 21.7 Å². The summed E-state index contributed by atoms with van der Waals surface area (Å²) in [6.07, 6.45) is 5.39. The molecule has 0 fully saturated rings. The Kier molecular flexibility index (Phi) is 5.89. The van der Waals surface area contributed by atoms with Crippen molar-refractivity contribution in [1.82, 2.24) is 0 Å². The molecule has 0 aromatic carbocycles. The van der Waals surface area contributed by atoms with Crippen molar-refractivity contribution in [3.8, 4) is 0 Å². The number of hydrogen-bond acceptors (Lipinski definition) is 1. The van der Waals surface area contributed by atoms with E-state index in [1.54, 1.807) is 12.2 Å². The lowest BCUT2D eigenvalue weighted by atomic mass is 10.3. The molecule has 0 aliphatic carbocycles. The average molecular weight is 161 g/mol. The summed E-state index contributed by atoms with van der Waals surface area (Å²) in [4.78, 5) is 0. The van der Waals surface area contributed by atoms with E-state index in [9.17, 15) is 0 Å². The van der Waals surface area contributed by atoms with E-state index < -0.39 is 0 Å². The van der Waals surface area contributed by atoms with E-state index in [1.165, 1.54) is 11.0 Å². The fourth-order valence-electron chi connectivity index (χ4n) is 0.389. The predicted octanol–water partition coefficient (Wildman–Crippen LogP) is 3.17. The molecule has 0 aliphatic rings. The van der Waals surface area contributed by atoms with Gasteiger partial charge in [-0.15, -0.1) is 0 Å². The Morgan fingerprint density at radius 2 is 2.22 bits per heavy atom. The summed E-state index contributed by atoms with van der Waals surface area (Å²) < 4.78 is 0. The SMILES string of the molecule is C=C/C=C(\C=C)CSCl. The third-order valence-electron chi connectivity index (χ3n) is 0.815. The van der Waals surface area contributed by atoms with Crippen LogP contribution in [0.2, 0.25) is 0 Å². The van der Waals surface area contributed by atoms with Crippen molar-refractivity contribution in [1.29, 1.82) is 0 Å². The molecule has 0 atom stereocenters. The van der Waals surface area contributed by atoms with Crippen molar-refractivity contribution in [2.45, 2.75) is 0 Å². The second kappa shape index (κ2) is 5.99. The third kappa shape index (κ3) is 4.37. The molecular weight excluding hydrogens is 152 g/mol. The van der Waals surface area contributed by atoms with E-state index in [2.05, 4.69) is 13.2 Å². The zero-order valence-electron chi connectivity index (χ0n) is 5.14. The lowest BCUT2D eigenvalue weighted by molar-refractivity contribution is 1.57. The molecule has 0 saturated carbocycles. The normalized spacial score (nSPS) is 11.0. The molecule has 0 aliphatic heterocycles. The third-order valence-corrected chi connectivity index (χ3v) is 1.59. The highest BCUT2D eigenvalue weighted by Gasteiger charge is 1.86. The molecule has 0 bridgehead atoms. The van der Waals surface area contributed by atoms with Gasteiger partial charge in [-0.1, -0.05) is 42.4 Å². The minimum absolute atomic E-state index is 0.789. The van der Waals surface area contributed by atoms with Gasteiger partial charge in [0.25, 0.3) is 0 Å². The highest BCUT2D eigenvalue weighted by atomic mass is 35.7. The van der Waals surface area contributed by atoms with Crippen LogP contribution in [-0.2, 0) is 0 Å². The molecule has 0 spiro atoms. The van der Waals surface area contributed by atoms with Crippen LogP contribution in [0.1, 0.15) is 0 Å². The Labute approximate surface area is 64.8 Å². The van der Waals surface area contributed by atoms with Crippen molar-refractivity contribution in [2.24, 2.45) is 0 Å². The summed E-state index contributed by atoms with van der Waals surface area (Å²) in [6.45, 7) is 7.16. The first kappa shape index (κ1) is 8.86.